The standard InChI is InChI=1S/C10H11I3N2O3/c11-5-1-6(12)9(14)8(13)7(5)10(18)15-4(2-16)3-17/h1,4,16-17H,2-3,14H2,(H,15,18). The van der Waals surface area contributed by atoms with Crippen LogP contribution in [0.15, 0.2) is 6.07 Å². The zero-order valence-electron chi connectivity index (χ0n) is 9.08. The Balaban J connectivity index is 3.10. The summed E-state index contributed by atoms with van der Waals surface area (Å²) in [6.45, 7) is -0.621. The molecule has 0 unspecified atom stereocenters. The van der Waals surface area contributed by atoms with Crippen LogP contribution in [0, 0.1) is 10.7 Å². The van der Waals surface area contributed by atoms with Gasteiger partial charge in [0.15, 0.2) is 0 Å². The van der Waals surface area contributed by atoms with Crippen molar-refractivity contribution >= 4 is 79.4 Å². The molecule has 0 aromatic heterocycles. The van der Waals surface area contributed by atoms with Crippen molar-refractivity contribution in [3.05, 3.63) is 22.3 Å². The molecular weight excluding hydrogens is 577 g/mol. The van der Waals surface area contributed by atoms with E-state index in [9.17, 15) is 4.79 Å². The van der Waals surface area contributed by atoms with Crippen molar-refractivity contribution in [1.82, 2.24) is 5.32 Å². The van der Waals surface area contributed by atoms with Gasteiger partial charge in [0.25, 0.3) is 5.91 Å². The number of nitrogens with two attached hydrogens (primary N) is 1. The topological polar surface area (TPSA) is 95.6 Å². The van der Waals surface area contributed by atoms with E-state index in [1.807, 2.05) is 28.7 Å². The molecule has 1 amide bonds. The molecule has 1 rings (SSSR count). The first-order chi connectivity index (χ1) is 8.42. The number of nitrogen functional groups attached to an aromatic ring is 1. The Hall–Kier alpha value is 0.600. The zero-order chi connectivity index (χ0) is 13.9. The average molecular weight is 588 g/mol. The summed E-state index contributed by atoms with van der Waals surface area (Å²) in [4.78, 5) is 12.1. The maximum Gasteiger partial charge on any atom is 0.253 e. The predicted molar refractivity (Wildman–Crippen MR) is 94.4 cm³/mol. The van der Waals surface area contributed by atoms with Gasteiger partial charge in [-0.2, -0.15) is 0 Å². The van der Waals surface area contributed by atoms with Gasteiger partial charge in [0.1, 0.15) is 0 Å². The third-order valence-corrected chi connectivity index (χ3v) is 5.07. The van der Waals surface area contributed by atoms with E-state index in [2.05, 4.69) is 50.5 Å². The first-order valence-electron chi connectivity index (χ1n) is 4.87. The van der Waals surface area contributed by atoms with Crippen molar-refractivity contribution < 1.29 is 15.0 Å². The number of nitrogens with one attached hydrogen (secondary N) is 1. The Kier molecular flexibility index (Phi) is 6.85. The first kappa shape index (κ1) is 16.7. The predicted octanol–water partition coefficient (Wildman–Crippen LogP) is 1.17. The molecule has 0 aliphatic rings. The maximum absolute atomic E-state index is 12.1. The highest BCUT2D eigenvalue weighted by atomic mass is 127. The molecule has 0 aliphatic heterocycles. The Morgan fingerprint density at radius 3 is 2.33 bits per heavy atom. The number of rotatable bonds is 4. The van der Waals surface area contributed by atoms with E-state index in [0.29, 0.717) is 14.8 Å². The summed E-state index contributed by atoms with van der Waals surface area (Å²) >= 11 is 6.19. The fourth-order valence-corrected chi connectivity index (χ4v) is 5.08. The highest BCUT2D eigenvalue weighted by Crippen LogP contribution is 2.29. The van der Waals surface area contributed by atoms with E-state index >= 15 is 0 Å². The van der Waals surface area contributed by atoms with Gasteiger partial charge in [0.2, 0.25) is 0 Å². The average Bonchev–Trinajstić information content (AvgIpc) is 2.33. The molecule has 1 aromatic rings. The van der Waals surface area contributed by atoms with Crippen molar-refractivity contribution in [2.45, 2.75) is 6.04 Å². The highest BCUT2D eigenvalue weighted by molar-refractivity contribution is 14.1. The number of carbonyl (C=O) groups excluding carboxylic acids is 1. The minimum Gasteiger partial charge on any atom is -0.397 e. The van der Waals surface area contributed by atoms with Gasteiger partial charge >= 0.3 is 0 Å². The molecule has 0 atom stereocenters. The van der Waals surface area contributed by atoms with Gasteiger partial charge in [-0.25, -0.2) is 0 Å². The summed E-state index contributed by atoms with van der Waals surface area (Å²) in [7, 11) is 0. The van der Waals surface area contributed by atoms with Gasteiger partial charge in [-0.05, 0) is 73.8 Å². The van der Waals surface area contributed by atoms with Gasteiger partial charge in [-0.15, -0.1) is 0 Å². The van der Waals surface area contributed by atoms with Crippen LogP contribution in [0.25, 0.3) is 0 Å². The number of carbonyl (C=O) groups is 1. The van der Waals surface area contributed by atoms with Crippen LogP contribution in [0.5, 0.6) is 0 Å². The minimum atomic E-state index is -0.662. The molecule has 0 fully saturated rings. The summed E-state index contributed by atoms with van der Waals surface area (Å²) < 4.78 is 2.34. The van der Waals surface area contributed by atoms with Crippen LogP contribution < -0.4 is 11.1 Å². The number of anilines is 1. The first-order valence-corrected chi connectivity index (χ1v) is 8.11. The molecule has 0 saturated heterocycles. The smallest absolute Gasteiger partial charge is 0.253 e. The van der Waals surface area contributed by atoms with Crippen molar-refractivity contribution in [1.29, 1.82) is 0 Å². The molecule has 0 radical (unpaired) electrons. The lowest BCUT2D eigenvalue weighted by Gasteiger charge is -2.16. The van der Waals surface area contributed by atoms with Crippen LogP contribution in [0.1, 0.15) is 10.4 Å². The van der Waals surface area contributed by atoms with Crippen LogP contribution in [-0.4, -0.2) is 35.4 Å². The number of hydrogen-bond donors (Lipinski definition) is 4. The molecule has 100 valence electrons. The van der Waals surface area contributed by atoms with Crippen molar-refractivity contribution in [2.75, 3.05) is 18.9 Å². The fraction of sp³-hybridized carbons (Fsp3) is 0.300. The molecule has 5 N–H and O–H groups in total. The third-order valence-electron chi connectivity index (χ3n) is 2.21. The summed E-state index contributed by atoms with van der Waals surface area (Å²) in [5.41, 5.74) is 6.92. The number of aliphatic hydroxyl groups excluding tert-OH is 2. The molecule has 18 heavy (non-hydrogen) atoms. The Morgan fingerprint density at radius 2 is 1.83 bits per heavy atom. The SMILES string of the molecule is Nc1c(I)cc(I)c(C(=O)NC(CO)CO)c1I. The van der Waals surface area contributed by atoms with Crippen LogP contribution >= 0.6 is 67.8 Å². The fourth-order valence-electron chi connectivity index (χ4n) is 1.22. The van der Waals surface area contributed by atoms with Gasteiger partial charge in [-0.3, -0.25) is 4.79 Å². The molecular formula is C10H11I3N2O3. The van der Waals surface area contributed by atoms with Gasteiger partial charge in [0.05, 0.1) is 34.1 Å². The zero-order valence-corrected chi connectivity index (χ0v) is 15.6. The molecule has 0 saturated carbocycles. The molecule has 8 heteroatoms. The Labute approximate surface area is 145 Å². The summed E-state index contributed by atoms with van der Waals surface area (Å²) in [5.74, 6) is -0.347. The highest BCUT2D eigenvalue weighted by Gasteiger charge is 2.20. The molecule has 0 aliphatic carbocycles. The lowest BCUT2D eigenvalue weighted by atomic mass is 10.2. The molecule has 0 spiro atoms. The van der Waals surface area contributed by atoms with Crippen molar-refractivity contribution in [3.63, 3.8) is 0 Å². The normalized spacial score (nSPS) is 10.8. The van der Waals surface area contributed by atoms with E-state index in [4.69, 9.17) is 15.9 Å². The van der Waals surface area contributed by atoms with E-state index in [1.165, 1.54) is 0 Å². The monoisotopic (exact) mass is 588 g/mol. The number of hydrogen-bond acceptors (Lipinski definition) is 4. The maximum atomic E-state index is 12.1. The summed E-state index contributed by atoms with van der Waals surface area (Å²) in [5, 5.41) is 20.5. The van der Waals surface area contributed by atoms with Crippen LogP contribution in [0.3, 0.4) is 0 Å². The van der Waals surface area contributed by atoms with E-state index in [0.717, 1.165) is 7.14 Å². The molecule has 1 aromatic carbocycles. The van der Waals surface area contributed by atoms with Gasteiger partial charge < -0.3 is 21.3 Å². The van der Waals surface area contributed by atoms with Crippen LogP contribution in [0.2, 0.25) is 0 Å². The van der Waals surface area contributed by atoms with E-state index in [1.54, 1.807) is 0 Å². The third kappa shape index (κ3) is 3.80. The quantitative estimate of drug-likeness (QED) is 0.314. The number of amides is 1. The van der Waals surface area contributed by atoms with Crippen LogP contribution in [-0.2, 0) is 0 Å². The van der Waals surface area contributed by atoms with E-state index < -0.39 is 6.04 Å². The van der Waals surface area contributed by atoms with Crippen LogP contribution in [0.4, 0.5) is 5.69 Å². The van der Waals surface area contributed by atoms with Gasteiger partial charge in [-0.1, -0.05) is 0 Å². The summed E-state index contributed by atoms with van der Waals surface area (Å²) in [6.07, 6.45) is 0. The van der Waals surface area contributed by atoms with Crippen molar-refractivity contribution in [2.24, 2.45) is 0 Å². The van der Waals surface area contributed by atoms with E-state index in [-0.39, 0.29) is 19.1 Å². The molecule has 0 heterocycles. The van der Waals surface area contributed by atoms with Gasteiger partial charge in [0, 0.05) is 7.14 Å². The number of halogens is 3. The number of benzene rings is 1. The minimum absolute atomic E-state index is 0.310. The Bertz CT molecular complexity index is 464. The second kappa shape index (κ2) is 7.40. The lowest BCUT2D eigenvalue weighted by molar-refractivity contribution is 0.0877. The second-order valence-electron chi connectivity index (χ2n) is 3.48. The lowest BCUT2D eigenvalue weighted by Crippen LogP contribution is -2.40. The largest absolute Gasteiger partial charge is 0.397 e. The van der Waals surface area contributed by atoms with Crippen molar-refractivity contribution in [3.8, 4) is 0 Å². The summed E-state index contributed by atoms with van der Waals surface area (Å²) in [6, 6.07) is 1.16. The molecule has 5 nitrogen and oxygen atoms in total. The Morgan fingerprint density at radius 1 is 1.28 bits per heavy atom. The number of aliphatic hydroxyl groups is 2. The second-order valence-corrected chi connectivity index (χ2v) is 6.88. The molecule has 0 bridgehead atoms.